The van der Waals surface area contributed by atoms with Crippen LogP contribution >= 0.6 is 0 Å². The van der Waals surface area contributed by atoms with Gasteiger partial charge in [0.1, 0.15) is 6.54 Å². The van der Waals surface area contributed by atoms with Crippen LogP contribution < -0.4 is 5.32 Å². The quantitative estimate of drug-likeness (QED) is 0.692. The van der Waals surface area contributed by atoms with Crippen LogP contribution in [-0.2, 0) is 4.79 Å². The van der Waals surface area contributed by atoms with E-state index in [2.05, 4.69) is 17.3 Å². The number of aliphatic carboxylic acids is 1. The molecule has 0 aromatic rings. The summed E-state index contributed by atoms with van der Waals surface area (Å²) in [6.45, 7) is 2.41. The Balaban J connectivity index is 2.25. The highest BCUT2D eigenvalue weighted by atomic mass is 16.4. The summed E-state index contributed by atoms with van der Waals surface area (Å²) < 4.78 is 0. The van der Waals surface area contributed by atoms with E-state index in [0.717, 1.165) is 19.5 Å². The van der Waals surface area contributed by atoms with Crippen LogP contribution in [0, 0.1) is 5.92 Å². The number of carbonyl (C=O) groups excluding carboxylic acids is 1. The van der Waals surface area contributed by atoms with E-state index in [9.17, 15) is 9.59 Å². The Morgan fingerprint density at radius 1 is 1.56 bits per heavy atom. The van der Waals surface area contributed by atoms with Crippen LogP contribution in [0.3, 0.4) is 0 Å². The normalized spacial score (nSPS) is 20.8. The number of rotatable bonds is 4. The van der Waals surface area contributed by atoms with E-state index in [-0.39, 0.29) is 12.6 Å². The third kappa shape index (κ3) is 4.06. The molecule has 0 aromatic carbocycles. The van der Waals surface area contributed by atoms with Crippen molar-refractivity contribution in [2.24, 2.45) is 5.92 Å². The van der Waals surface area contributed by atoms with Gasteiger partial charge in [0.25, 0.3) is 0 Å². The average molecular weight is 229 g/mol. The zero-order valence-corrected chi connectivity index (χ0v) is 9.77. The zero-order chi connectivity index (χ0) is 12.1. The summed E-state index contributed by atoms with van der Waals surface area (Å²) in [4.78, 5) is 25.5. The molecule has 1 unspecified atom stereocenters. The molecule has 6 heteroatoms. The fourth-order valence-electron chi connectivity index (χ4n) is 1.93. The molecule has 0 radical (unpaired) electrons. The number of nitrogens with zero attached hydrogens (tertiary/aromatic N) is 2. The van der Waals surface area contributed by atoms with E-state index in [4.69, 9.17) is 5.11 Å². The number of hydrogen-bond acceptors (Lipinski definition) is 3. The monoisotopic (exact) mass is 229 g/mol. The number of hydrogen-bond donors (Lipinski definition) is 2. The summed E-state index contributed by atoms with van der Waals surface area (Å²) >= 11 is 0. The Bertz CT molecular complexity index is 270. The molecule has 0 saturated carbocycles. The molecular weight excluding hydrogens is 210 g/mol. The molecule has 1 fully saturated rings. The van der Waals surface area contributed by atoms with Gasteiger partial charge in [-0.1, -0.05) is 0 Å². The van der Waals surface area contributed by atoms with Gasteiger partial charge in [-0.25, -0.2) is 4.79 Å². The maximum atomic E-state index is 11.5. The fraction of sp³-hybridized carbons (Fsp3) is 0.800. The zero-order valence-electron chi connectivity index (χ0n) is 9.77. The molecule has 1 heterocycles. The van der Waals surface area contributed by atoms with E-state index in [1.54, 1.807) is 11.9 Å². The predicted octanol–water partition coefficient (Wildman–Crippen LogP) is -0.336. The Kier molecular flexibility index (Phi) is 4.54. The van der Waals surface area contributed by atoms with E-state index in [1.807, 2.05) is 0 Å². The van der Waals surface area contributed by atoms with Gasteiger partial charge in [-0.15, -0.1) is 0 Å². The smallest absolute Gasteiger partial charge is 0.323 e. The van der Waals surface area contributed by atoms with Gasteiger partial charge in [0.2, 0.25) is 0 Å². The Morgan fingerprint density at radius 3 is 2.75 bits per heavy atom. The summed E-state index contributed by atoms with van der Waals surface area (Å²) in [7, 11) is 3.75. The molecule has 6 nitrogen and oxygen atoms in total. The second-order valence-electron chi connectivity index (χ2n) is 4.35. The van der Waals surface area contributed by atoms with Crippen molar-refractivity contribution in [1.29, 1.82) is 0 Å². The van der Waals surface area contributed by atoms with Crippen molar-refractivity contribution in [3.8, 4) is 0 Å². The minimum atomic E-state index is -1.03. The van der Waals surface area contributed by atoms with Crippen LogP contribution in [0.25, 0.3) is 0 Å². The first-order chi connectivity index (χ1) is 7.49. The molecule has 2 amide bonds. The predicted molar refractivity (Wildman–Crippen MR) is 59.3 cm³/mol. The number of nitrogens with one attached hydrogen (secondary N) is 1. The van der Waals surface area contributed by atoms with Crippen molar-refractivity contribution < 1.29 is 14.7 Å². The van der Waals surface area contributed by atoms with Gasteiger partial charge in [-0.2, -0.15) is 0 Å². The largest absolute Gasteiger partial charge is 0.480 e. The molecule has 16 heavy (non-hydrogen) atoms. The molecule has 0 aromatic heterocycles. The third-order valence-electron chi connectivity index (χ3n) is 2.76. The molecule has 1 aliphatic rings. The molecule has 0 spiro atoms. The molecule has 0 bridgehead atoms. The number of urea groups is 1. The maximum Gasteiger partial charge on any atom is 0.323 e. The molecule has 0 aliphatic carbocycles. The van der Waals surface area contributed by atoms with Gasteiger partial charge in [-0.05, 0) is 25.9 Å². The topological polar surface area (TPSA) is 72.9 Å². The van der Waals surface area contributed by atoms with E-state index >= 15 is 0 Å². The lowest BCUT2D eigenvalue weighted by molar-refractivity contribution is -0.135. The van der Waals surface area contributed by atoms with Crippen LogP contribution in [0.4, 0.5) is 4.79 Å². The lowest BCUT2D eigenvalue weighted by atomic mass is 10.1. The Morgan fingerprint density at radius 2 is 2.25 bits per heavy atom. The number of amides is 2. The lowest BCUT2D eigenvalue weighted by Crippen LogP contribution is -2.42. The first-order valence-corrected chi connectivity index (χ1v) is 5.38. The van der Waals surface area contributed by atoms with E-state index in [1.165, 1.54) is 0 Å². The number of carboxylic acid groups (broad SMARTS) is 1. The summed E-state index contributed by atoms with van der Waals surface area (Å²) in [5.41, 5.74) is 0. The molecule has 1 atom stereocenters. The summed E-state index contributed by atoms with van der Waals surface area (Å²) in [6.07, 6.45) is 1.09. The third-order valence-corrected chi connectivity index (χ3v) is 2.76. The van der Waals surface area contributed by atoms with E-state index in [0.29, 0.717) is 12.5 Å². The van der Waals surface area contributed by atoms with Gasteiger partial charge in [0.05, 0.1) is 0 Å². The molecule has 1 rings (SSSR count). The Labute approximate surface area is 95.2 Å². The standard InChI is InChI=1S/C10H19N3O3/c1-12-4-3-8(6-12)7-13(2)10(16)11-5-9(14)15/h8H,3-7H2,1-2H3,(H,11,16)(H,14,15). The van der Waals surface area contributed by atoms with Crippen LogP contribution in [0.15, 0.2) is 0 Å². The first kappa shape index (κ1) is 12.8. The van der Waals surface area contributed by atoms with Crippen LogP contribution in [0.5, 0.6) is 0 Å². The lowest BCUT2D eigenvalue weighted by Gasteiger charge is -2.21. The highest BCUT2D eigenvalue weighted by Crippen LogP contribution is 2.14. The second kappa shape index (κ2) is 5.69. The summed E-state index contributed by atoms with van der Waals surface area (Å²) in [5.74, 6) is -0.534. The van der Waals surface area contributed by atoms with Gasteiger partial charge < -0.3 is 20.2 Å². The number of likely N-dealkylation sites (tertiary alicyclic amines) is 1. The molecule has 1 aliphatic heterocycles. The molecule has 2 N–H and O–H groups in total. The highest BCUT2D eigenvalue weighted by molar-refractivity contribution is 5.79. The van der Waals surface area contributed by atoms with Crippen molar-refractivity contribution in [3.05, 3.63) is 0 Å². The highest BCUT2D eigenvalue weighted by Gasteiger charge is 2.22. The van der Waals surface area contributed by atoms with Gasteiger partial charge in [0.15, 0.2) is 0 Å². The van der Waals surface area contributed by atoms with Gasteiger partial charge >= 0.3 is 12.0 Å². The van der Waals surface area contributed by atoms with Crippen LogP contribution in [0.2, 0.25) is 0 Å². The first-order valence-electron chi connectivity index (χ1n) is 5.38. The number of carbonyl (C=O) groups is 2. The van der Waals surface area contributed by atoms with Crippen molar-refractivity contribution in [2.45, 2.75) is 6.42 Å². The van der Waals surface area contributed by atoms with E-state index < -0.39 is 5.97 Å². The molecular formula is C10H19N3O3. The molecule has 92 valence electrons. The maximum absolute atomic E-state index is 11.5. The minimum absolute atomic E-state index is 0.322. The second-order valence-corrected chi connectivity index (χ2v) is 4.35. The van der Waals surface area contributed by atoms with Crippen LogP contribution in [-0.4, -0.2) is 67.2 Å². The molecule has 1 saturated heterocycles. The van der Waals surface area contributed by atoms with Crippen molar-refractivity contribution >= 4 is 12.0 Å². The van der Waals surface area contributed by atoms with Crippen molar-refractivity contribution in [2.75, 3.05) is 40.3 Å². The van der Waals surface area contributed by atoms with Gasteiger partial charge in [0, 0.05) is 20.1 Å². The van der Waals surface area contributed by atoms with Crippen molar-refractivity contribution in [3.63, 3.8) is 0 Å². The van der Waals surface area contributed by atoms with Gasteiger partial charge in [-0.3, -0.25) is 4.79 Å². The fourth-order valence-corrected chi connectivity index (χ4v) is 1.93. The SMILES string of the molecule is CN1CCC(CN(C)C(=O)NCC(=O)O)C1. The van der Waals surface area contributed by atoms with Crippen LogP contribution in [0.1, 0.15) is 6.42 Å². The minimum Gasteiger partial charge on any atom is -0.480 e. The van der Waals surface area contributed by atoms with Crippen molar-refractivity contribution in [1.82, 2.24) is 15.1 Å². The average Bonchev–Trinajstić information content (AvgIpc) is 2.60. The number of carboxylic acids is 1. The summed E-state index contributed by atoms with van der Waals surface area (Å²) in [6, 6.07) is -0.322. The Hall–Kier alpha value is -1.30. The summed E-state index contributed by atoms with van der Waals surface area (Å²) in [5, 5.41) is 10.8.